The van der Waals surface area contributed by atoms with Gasteiger partial charge >= 0.3 is 24.1 Å². The van der Waals surface area contributed by atoms with Crippen molar-refractivity contribution in [2.24, 2.45) is 12.2 Å². The molecule has 0 aliphatic heterocycles. The van der Waals surface area contributed by atoms with Crippen molar-refractivity contribution < 1.29 is 52.6 Å². The maximum Gasteiger partial charge on any atom is 0.413 e. The average molecular weight is 746 g/mol. The fourth-order valence-corrected chi connectivity index (χ4v) is 4.96. The van der Waals surface area contributed by atoms with E-state index in [1.807, 2.05) is 61.6 Å². The van der Waals surface area contributed by atoms with E-state index >= 15 is 0 Å². The molecule has 52 heavy (non-hydrogen) atoms. The third kappa shape index (κ3) is 14.2. The molecule has 1 aromatic carbocycles. The number of rotatable bonds is 14. The number of hydrogen-bond donors (Lipinski definition) is 3. The van der Waals surface area contributed by atoms with E-state index in [2.05, 4.69) is 20.8 Å². The third-order valence-corrected chi connectivity index (χ3v) is 7.06. The van der Waals surface area contributed by atoms with Gasteiger partial charge in [-0.15, -0.1) is 11.3 Å². The van der Waals surface area contributed by atoms with Crippen LogP contribution in [0.1, 0.15) is 74.4 Å². The first kappa shape index (κ1) is 41.2. The number of aliphatic carboxylic acids is 1. The number of ether oxygens (including phenoxy) is 4. The Morgan fingerprint density at radius 1 is 0.942 bits per heavy atom. The number of hydrogen-bond acceptors (Lipinski definition) is 12. The lowest BCUT2D eigenvalue weighted by molar-refractivity contribution is -0.660. The smallest absolute Gasteiger partial charge is 0.413 e. The second-order valence-electron chi connectivity index (χ2n) is 14.6. The summed E-state index contributed by atoms with van der Waals surface area (Å²) in [4.78, 5) is 58.6. The maximum atomic E-state index is 13.0. The summed E-state index contributed by atoms with van der Waals surface area (Å²) in [5.74, 6) is -1.89. The van der Waals surface area contributed by atoms with E-state index in [4.69, 9.17) is 23.8 Å². The number of amides is 2. The molecule has 0 aliphatic carbocycles. The van der Waals surface area contributed by atoms with Crippen LogP contribution in [-0.2, 0) is 42.2 Å². The summed E-state index contributed by atoms with van der Waals surface area (Å²) >= 11 is 0.954. The number of oxime groups is 1. The molecule has 3 rings (SSSR count). The molecular formula is C35H49N6O10S+. The lowest BCUT2D eigenvalue weighted by atomic mass is 10.1. The first-order valence-corrected chi connectivity index (χ1v) is 17.4. The lowest BCUT2D eigenvalue weighted by Gasteiger charge is -2.23. The molecule has 284 valence electrons. The zero-order valence-corrected chi connectivity index (χ0v) is 32.1. The predicted molar refractivity (Wildman–Crippen MR) is 192 cm³/mol. The van der Waals surface area contributed by atoms with E-state index in [-0.39, 0.29) is 17.4 Å². The van der Waals surface area contributed by atoms with Crippen LogP contribution in [0.5, 0.6) is 5.75 Å². The van der Waals surface area contributed by atoms with Crippen LogP contribution in [0.25, 0.3) is 11.3 Å². The lowest BCUT2D eigenvalue weighted by Crippen LogP contribution is -2.37. The predicted octanol–water partition coefficient (Wildman–Crippen LogP) is 5.29. The molecule has 3 N–H and O–H groups in total. The number of esters is 1. The van der Waals surface area contributed by atoms with E-state index in [9.17, 15) is 24.3 Å². The largest absolute Gasteiger partial charge is 0.489 e. The number of thiazole rings is 1. The number of nitrogens with zero attached hydrogens (tertiary/aromatic N) is 4. The number of carbonyl (C=O) groups excluding carboxylic acids is 3. The van der Waals surface area contributed by atoms with Gasteiger partial charge in [-0.05, 0) is 86.6 Å². The standard InChI is InChI=1S/C35H48N6O10S/c1-33(2,3)48-29(44)26(51-39-27(28(42)43)24-20-52-30(37-24)38-32(46)50-35(7,8)9)19-47-23-14-12-22(13-15-23)25-18-41(21-40(25)10)17-11-16-36-31(45)49-34(4,5)6/h12-15,18,20-21,26H,11,16-17,19H2,1-10H3,(H2-,36,37,38,42,43,45,46)/p+1/b39-27-/t26-/m0/s1. The zero-order valence-electron chi connectivity index (χ0n) is 31.3. The van der Waals surface area contributed by atoms with Crippen molar-refractivity contribution >= 4 is 46.3 Å². The van der Waals surface area contributed by atoms with Crippen LogP contribution in [0.2, 0.25) is 0 Å². The molecule has 0 unspecified atom stereocenters. The van der Waals surface area contributed by atoms with Gasteiger partial charge in [0.15, 0.2) is 10.8 Å². The number of carbonyl (C=O) groups is 4. The van der Waals surface area contributed by atoms with Gasteiger partial charge in [-0.1, -0.05) is 5.16 Å². The van der Waals surface area contributed by atoms with Crippen molar-refractivity contribution in [2.45, 2.75) is 98.2 Å². The Kier molecular flexibility index (Phi) is 13.8. The molecule has 2 heterocycles. The summed E-state index contributed by atoms with van der Waals surface area (Å²) in [5.41, 5.74) is -1.06. The Hall–Kier alpha value is -5.19. The number of aryl methyl sites for hydroxylation is 2. The van der Waals surface area contributed by atoms with E-state index < -0.39 is 52.7 Å². The highest BCUT2D eigenvalue weighted by atomic mass is 32.1. The van der Waals surface area contributed by atoms with Crippen LogP contribution in [0.15, 0.2) is 47.3 Å². The highest BCUT2D eigenvalue weighted by Crippen LogP contribution is 2.22. The number of carboxylic acid groups (broad SMARTS) is 1. The fraction of sp³-hybridized carbons (Fsp3) is 0.514. The summed E-state index contributed by atoms with van der Waals surface area (Å²) < 4.78 is 25.8. The molecule has 2 aromatic heterocycles. The van der Waals surface area contributed by atoms with Crippen LogP contribution < -0.4 is 19.9 Å². The van der Waals surface area contributed by atoms with Crippen molar-refractivity contribution in [2.75, 3.05) is 18.5 Å². The van der Waals surface area contributed by atoms with Gasteiger partial charge in [0, 0.05) is 23.9 Å². The maximum absolute atomic E-state index is 13.0. The van der Waals surface area contributed by atoms with Crippen molar-refractivity contribution in [3.63, 3.8) is 0 Å². The van der Waals surface area contributed by atoms with Crippen molar-refractivity contribution in [3.05, 3.63) is 47.9 Å². The monoisotopic (exact) mass is 745 g/mol. The van der Waals surface area contributed by atoms with Crippen molar-refractivity contribution in [1.29, 1.82) is 0 Å². The number of aromatic nitrogens is 3. The summed E-state index contributed by atoms with van der Waals surface area (Å²) in [6, 6.07) is 7.16. The number of carboxylic acids is 1. The van der Waals surface area contributed by atoms with Crippen LogP contribution >= 0.6 is 11.3 Å². The summed E-state index contributed by atoms with van der Waals surface area (Å²) in [6.45, 7) is 16.4. The first-order chi connectivity index (χ1) is 24.1. The van der Waals surface area contributed by atoms with Gasteiger partial charge in [0.1, 0.15) is 41.1 Å². The van der Waals surface area contributed by atoms with Crippen molar-refractivity contribution in [1.82, 2.24) is 14.9 Å². The summed E-state index contributed by atoms with van der Waals surface area (Å²) in [5, 5.41) is 20.2. The Labute approximate surface area is 307 Å². The Morgan fingerprint density at radius 3 is 2.15 bits per heavy atom. The molecule has 0 saturated carbocycles. The van der Waals surface area contributed by atoms with Crippen LogP contribution in [0, 0.1) is 0 Å². The molecule has 0 aliphatic rings. The van der Waals surface area contributed by atoms with Gasteiger partial charge in [0.05, 0.1) is 13.6 Å². The molecule has 0 spiro atoms. The number of alkyl carbamates (subject to hydrolysis) is 1. The molecule has 0 radical (unpaired) electrons. The number of benzene rings is 1. The van der Waals surface area contributed by atoms with Gasteiger partial charge in [-0.2, -0.15) is 0 Å². The number of anilines is 1. The van der Waals surface area contributed by atoms with Gasteiger partial charge < -0.3 is 34.2 Å². The molecule has 2 amide bonds. The SMILES string of the molecule is C[n+]1cn(CCCNC(=O)OC(C)(C)C)cc1-c1ccc(OC[C@H](O/N=C(\C(=O)O)c2csc(NC(=O)OC(C)(C)C)n2)C(=O)OC(C)(C)C)cc1. The third-order valence-electron chi connectivity index (χ3n) is 6.30. The minimum Gasteiger partial charge on any atom is -0.489 e. The Balaban J connectivity index is 1.67. The molecule has 16 nitrogen and oxygen atoms in total. The number of nitrogens with one attached hydrogen (secondary N) is 2. The quantitative estimate of drug-likeness (QED) is 0.0485. The first-order valence-electron chi connectivity index (χ1n) is 16.5. The zero-order chi connectivity index (χ0) is 38.9. The molecule has 17 heteroatoms. The summed E-state index contributed by atoms with van der Waals surface area (Å²) in [6.07, 6.45) is 1.99. The van der Waals surface area contributed by atoms with Gasteiger partial charge in [-0.3, -0.25) is 5.32 Å². The molecular weight excluding hydrogens is 696 g/mol. The molecule has 1 atom stereocenters. The second kappa shape index (κ2) is 17.4. The molecule has 0 saturated heterocycles. The van der Waals surface area contributed by atoms with Gasteiger partial charge in [0.25, 0.3) is 6.10 Å². The Bertz CT molecular complexity index is 1730. The Morgan fingerprint density at radius 2 is 1.56 bits per heavy atom. The van der Waals surface area contributed by atoms with E-state index in [0.29, 0.717) is 25.3 Å². The van der Waals surface area contributed by atoms with Gasteiger partial charge in [-0.25, -0.2) is 33.3 Å². The van der Waals surface area contributed by atoms with Crippen LogP contribution in [0.3, 0.4) is 0 Å². The number of imidazole rings is 1. The summed E-state index contributed by atoms with van der Waals surface area (Å²) in [7, 11) is 1.92. The molecule has 0 bridgehead atoms. The average Bonchev–Trinajstić information content (AvgIpc) is 3.60. The van der Waals surface area contributed by atoms with Gasteiger partial charge in [0.2, 0.25) is 12.0 Å². The minimum atomic E-state index is -1.48. The topological polar surface area (TPSA) is 193 Å². The minimum absolute atomic E-state index is 0.0754. The van der Waals surface area contributed by atoms with E-state index in [1.165, 1.54) is 5.38 Å². The molecule has 0 fully saturated rings. The normalized spacial score (nSPS) is 12.8. The van der Waals surface area contributed by atoms with Crippen LogP contribution in [-0.4, -0.2) is 80.6 Å². The molecule has 3 aromatic rings. The second-order valence-corrected chi connectivity index (χ2v) is 15.5. The van der Waals surface area contributed by atoms with Crippen LogP contribution in [0.4, 0.5) is 14.7 Å². The fourth-order valence-electron chi connectivity index (χ4n) is 4.28. The van der Waals surface area contributed by atoms with E-state index in [0.717, 1.165) is 22.6 Å². The highest BCUT2D eigenvalue weighted by molar-refractivity contribution is 7.14. The van der Waals surface area contributed by atoms with Crippen molar-refractivity contribution in [3.8, 4) is 17.0 Å². The van der Waals surface area contributed by atoms with E-state index in [1.54, 1.807) is 53.7 Å². The highest BCUT2D eigenvalue weighted by Gasteiger charge is 2.30.